The second-order valence-corrected chi connectivity index (χ2v) is 9.45. The van der Waals surface area contributed by atoms with Crippen molar-refractivity contribution in [3.63, 3.8) is 0 Å². The molecule has 0 saturated carbocycles. The minimum Gasteiger partial charge on any atom is -0.456 e. The second-order valence-electron chi connectivity index (χ2n) is 9.45. The van der Waals surface area contributed by atoms with Crippen molar-refractivity contribution < 1.29 is 28.9 Å². The minimum atomic E-state index is -1.11. The van der Waals surface area contributed by atoms with Crippen molar-refractivity contribution in [2.45, 2.75) is 32.4 Å². The van der Waals surface area contributed by atoms with E-state index in [0.717, 1.165) is 0 Å². The maximum atomic E-state index is 12.9. The lowest BCUT2D eigenvalue weighted by Gasteiger charge is -2.28. The van der Waals surface area contributed by atoms with Crippen molar-refractivity contribution in [3.8, 4) is 17.6 Å². The number of amides is 1. The number of guanidine groups is 1. The molecule has 206 valence electrons. The largest absolute Gasteiger partial charge is 0.456 e. The number of hydrogen-bond donors (Lipinski definition) is 6. The molecule has 0 bridgehead atoms. The predicted molar refractivity (Wildman–Crippen MR) is 144 cm³/mol. The summed E-state index contributed by atoms with van der Waals surface area (Å²) in [4.78, 5) is 34.0. The van der Waals surface area contributed by atoms with Crippen LogP contribution in [0.3, 0.4) is 0 Å². The summed E-state index contributed by atoms with van der Waals surface area (Å²) in [6, 6.07) is 11.5. The number of aliphatic hydroxyl groups is 1. The fourth-order valence-corrected chi connectivity index (χ4v) is 3.51. The molecule has 4 rings (SSSR count). The number of carbonyl (C=O) groups is 2. The number of ether oxygens (including phenoxy) is 3. The molecule has 0 fully saturated rings. The van der Waals surface area contributed by atoms with Gasteiger partial charge in [-0.25, -0.2) is 4.79 Å². The molecule has 2 aromatic rings. The van der Waals surface area contributed by atoms with E-state index in [2.05, 4.69) is 25.9 Å². The molecule has 0 saturated heterocycles. The van der Waals surface area contributed by atoms with Crippen LogP contribution in [0.1, 0.15) is 36.7 Å². The Morgan fingerprint density at radius 2 is 1.95 bits per heavy atom. The molecule has 2 aliphatic heterocycles. The Balaban J connectivity index is 1.79. The number of para-hydroxylation sites is 2. The molecular formula is C26H26N8O6. The Hall–Kier alpha value is -5.42. The van der Waals surface area contributed by atoms with Crippen LogP contribution >= 0.6 is 0 Å². The fraction of sp³-hybridized carbons (Fsp3) is 0.231. The Bertz CT molecular complexity index is 1520. The Morgan fingerprint density at radius 1 is 1.20 bits per heavy atom. The van der Waals surface area contributed by atoms with Crippen molar-refractivity contribution in [1.29, 1.82) is 10.7 Å². The fourth-order valence-electron chi connectivity index (χ4n) is 3.51. The molecule has 1 atom stereocenters. The smallest absolute Gasteiger partial charge is 0.342 e. The topological polar surface area (TPSA) is 217 Å². The summed E-state index contributed by atoms with van der Waals surface area (Å²) in [5.74, 6) is -1.65. The molecule has 2 aliphatic rings. The van der Waals surface area contributed by atoms with Crippen LogP contribution < -0.4 is 31.2 Å². The highest BCUT2D eigenvalue weighted by molar-refractivity contribution is 6.14. The third-order valence-electron chi connectivity index (χ3n) is 5.19. The predicted octanol–water partition coefficient (Wildman–Crippen LogP) is 1.29. The van der Waals surface area contributed by atoms with Gasteiger partial charge in [-0.3, -0.25) is 20.5 Å². The number of nitrogens with two attached hydrogens (primary N) is 1. The SMILES string of the molecule is CC(C)(C)OC(=O)c1ccc(C#N)cc1OC1=C2NC(=O)C(CO)N=C2NC(Oc2ccccc2NC(=N)N)=N1. The van der Waals surface area contributed by atoms with Gasteiger partial charge in [-0.15, -0.1) is 0 Å². The van der Waals surface area contributed by atoms with E-state index in [1.165, 1.54) is 18.2 Å². The normalized spacial score (nSPS) is 16.3. The Kier molecular flexibility index (Phi) is 7.69. The summed E-state index contributed by atoms with van der Waals surface area (Å²) in [6.07, 6.45) is 0. The molecule has 14 heteroatoms. The number of esters is 1. The number of fused-ring (bicyclic) bond motifs is 1. The van der Waals surface area contributed by atoms with Crippen molar-refractivity contribution >= 4 is 35.4 Å². The van der Waals surface area contributed by atoms with Crippen LogP contribution in [0.25, 0.3) is 0 Å². The molecular weight excluding hydrogens is 520 g/mol. The van der Waals surface area contributed by atoms with Crippen LogP contribution in [0.5, 0.6) is 11.5 Å². The van der Waals surface area contributed by atoms with Crippen LogP contribution in [-0.4, -0.2) is 53.0 Å². The summed E-state index contributed by atoms with van der Waals surface area (Å²) in [6.45, 7) is 4.55. The number of carbonyl (C=O) groups excluding carboxylic acids is 2. The lowest BCUT2D eigenvalue weighted by molar-refractivity contribution is -0.122. The molecule has 2 heterocycles. The van der Waals surface area contributed by atoms with Crippen molar-refractivity contribution in [1.82, 2.24) is 10.6 Å². The molecule has 0 spiro atoms. The van der Waals surface area contributed by atoms with E-state index in [-0.39, 0.29) is 52.0 Å². The van der Waals surface area contributed by atoms with Gasteiger partial charge in [0.05, 0.1) is 23.9 Å². The first kappa shape index (κ1) is 27.6. The zero-order chi connectivity index (χ0) is 29.0. The van der Waals surface area contributed by atoms with E-state index in [1.807, 2.05) is 6.07 Å². The number of aliphatic imine (C=N–C) groups is 2. The zero-order valence-electron chi connectivity index (χ0n) is 21.7. The van der Waals surface area contributed by atoms with Gasteiger partial charge >= 0.3 is 12.0 Å². The number of hydrogen-bond acceptors (Lipinski definition) is 11. The quantitative estimate of drug-likeness (QED) is 0.173. The van der Waals surface area contributed by atoms with Gasteiger partial charge in [-0.2, -0.15) is 10.3 Å². The summed E-state index contributed by atoms with van der Waals surface area (Å²) < 4.78 is 17.4. The third kappa shape index (κ3) is 6.34. The van der Waals surface area contributed by atoms with E-state index < -0.39 is 30.1 Å². The molecule has 1 amide bonds. The number of aliphatic hydroxyl groups excluding tert-OH is 1. The van der Waals surface area contributed by atoms with E-state index in [0.29, 0.717) is 5.69 Å². The van der Waals surface area contributed by atoms with E-state index in [1.54, 1.807) is 45.0 Å². The molecule has 14 nitrogen and oxygen atoms in total. The molecule has 40 heavy (non-hydrogen) atoms. The molecule has 1 unspecified atom stereocenters. The number of anilines is 1. The van der Waals surface area contributed by atoms with Crippen molar-refractivity contribution in [3.05, 3.63) is 65.2 Å². The Labute approximate surface area is 228 Å². The van der Waals surface area contributed by atoms with Crippen LogP contribution in [0.2, 0.25) is 0 Å². The molecule has 0 radical (unpaired) electrons. The minimum absolute atomic E-state index is 0.00286. The molecule has 0 aliphatic carbocycles. The van der Waals surface area contributed by atoms with Gasteiger partial charge in [0.1, 0.15) is 22.6 Å². The van der Waals surface area contributed by atoms with Gasteiger partial charge in [0.25, 0.3) is 11.8 Å². The molecule has 7 N–H and O–H groups in total. The highest BCUT2D eigenvalue weighted by Gasteiger charge is 2.34. The summed E-state index contributed by atoms with van der Waals surface area (Å²) in [7, 11) is 0. The van der Waals surface area contributed by atoms with Gasteiger partial charge in [-0.05, 0) is 51.1 Å². The lowest BCUT2D eigenvalue weighted by Crippen LogP contribution is -2.51. The molecule has 2 aromatic carbocycles. The summed E-state index contributed by atoms with van der Waals surface area (Å²) in [5, 5.41) is 34.6. The summed E-state index contributed by atoms with van der Waals surface area (Å²) in [5.41, 5.74) is 5.22. The zero-order valence-corrected chi connectivity index (χ0v) is 21.7. The van der Waals surface area contributed by atoms with Crippen LogP contribution in [-0.2, 0) is 9.53 Å². The number of nitrogens with zero attached hydrogens (tertiary/aromatic N) is 3. The maximum Gasteiger partial charge on any atom is 0.342 e. The van der Waals surface area contributed by atoms with Crippen LogP contribution in [0.4, 0.5) is 5.69 Å². The maximum absolute atomic E-state index is 12.9. The number of rotatable bonds is 6. The highest BCUT2D eigenvalue weighted by Crippen LogP contribution is 2.29. The van der Waals surface area contributed by atoms with E-state index >= 15 is 0 Å². The molecule has 0 aromatic heterocycles. The average Bonchev–Trinajstić information content (AvgIpc) is 2.88. The lowest BCUT2D eigenvalue weighted by atomic mass is 10.1. The highest BCUT2D eigenvalue weighted by atomic mass is 16.6. The first-order chi connectivity index (χ1) is 19.0. The van der Waals surface area contributed by atoms with Gasteiger partial charge in [0, 0.05) is 0 Å². The summed E-state index contributed by atoms with van der Waals surface area (Å²) >= 11 is 0. The second kappa shape index (κ2) is 11.1. The van der Waals surface area contributed by atoms with E-state index in [4.69, 9.17) is 25.4 Å². The third-order valence-corrected chi connectivity index (χ3v) is 5.19. The number of nitrogens with one attached hydrogen (secondary N) is 4. The van der Waals surface area contributed by atoms with Gasteiger partial charge in [0.15, 0.2) is 23.6 Å². The van der Waals surface area contributed by atoms with E-state index in [9.17, 15) is 20.0 Å². The Morgan fingerprint density at radius 3 is 2.62 bits per heavy atom. The number of benzene rings is 2. The average molecular weight is 547 g/mol. The van der Waals surface area contributed by atoms with Gasteiger partial charge in [-0.1, -0.05) is 12.1 Å². The van der Waals surface area contributed by atoms with Crippen LogP contribution in [0.15, 0.2) is 64.0 Å². The number of nitriles is 1. The standard InChI is InChI=1S/C26H26N8O6/c1-26(2,3)40-23(37)14-9-8-13(11-27)10-18(14)38-22-19-20(30-16(12-35)21(36)32-19)33-25(34-22)39-17-7-5-4-6-15(17)31-24(28)29/h4-10,16,35H,12H2,1-3H3,(H,32,36)(H4,28,29,31)(H,30,33,34). The first-order valence-electron chi connectivity index (χ1n) is 11.9. The first-order valence-corrected chi connectivity index (χ1v) is 11.9. The van der Waals surface area contributed by atoms with Crippen LogP contribution in [0, 0.1) is 16.7 Å². The van der Waals surface area contributed by atoms with Crippen molar-refractivity contribution in [2.75, 3.05) is 11.9 Å². The van der Waals surface area contributed by atoms with Crippen molar-refractivity contribution in [2.24, 2.45) is 15.7 Å². The van der Waals surface area contributed by atoms with Gasteiger partial charge in [0.2, 0.25) is 0 Å². The van der Waals surface area contributed by atoms with Gasteiger partial charge < -0.3 is 35.7 Å². The number of amidine groups is 2. The monoisotopic (exact) mass is 546 g/mol.